The first-order chi connectivity index (χ1) is 18.7. The number of amides is 3. The van der Waals surface area contributed by atoms with Gasteiger partial charge in [-0.15, -0.1) is 10.0 Å². The molecular formula is C29H37N3O6S. The Morgan fingerprint density at radius 2 is 1.69 bits per heavy atom. The average Bonchev–Trinajstić information content (AvgIpc) is 3.10. The summed E-state index contributed by atoms with van der Waals surface area (Å²) in [7, 11) is -2.73. The normalized spacial score (nSPS) is 23.0. The summed E-state index contributed by atoms with van der Waals surface area (Å²) in [6.45, 7) is 5.94. The van der Waals surface area contributed by atoms with E-state index in [0.29, 0.717) is 6.54 Å². The maximum absolute atomic E-state index is 14.5. The Labute approximate surface area is 230 Å². The molecule has 2 saturated heterocycles. The summed E-state index contributed by atoms with van der Waals surface area (Å²) in [5.74, 6) is -1.66. The van der Waals surface area contributed by atoms with Gasteiger partial charge in [-0.1, -0.05) is 67.6 Å². The molecule has 9 nitrogen and oxygen atoms in total. The molecule has 2 N–H and O–H groups in total. The van der Waals surface area contributed by atoms with Gasteiger partial charge in [-0.2, -0.15) is 0 Å². The highest BCUT2D eigenvalue weighted by Crippen LogP contribution is 2.74. The number of esters is 1. The van der Waals surface area contributed by atoms with Gasteiger partial charge in [-0.3, -0.25) is 14.4 Å². The van der Waals surface area contributed by atoms with Crippen LogP contribution in [0.25, 0.3) is 0 Å². The number of hydrogen-bond donors (Lipinski definition) is 2. The molecule has 0 aliphatic carbocycles. The van der Waals surface area contributed by atoms with E-state index in [2.05, 4.69) is 5.32 Å². The summed E-state index contributed by atoms with van der Waals surface area (Å²) in [5, 5.41) is 12.8. The highest BCUT2D eigenvalue weighted by atomic mass is 32.3. The summed E-state index contributed by atoms with van der Waals surface area (Å²) >= 11 is 0. The van der Waals surface area contributed by atoms with Crippen LogP contribution in [0.1, 0.15) is 44.7 Å². The highest BCUT2D eigenvalue weighted by Gasteiger charge is 2.72. The molecule has 3 amide bonds. The number of aliphatic hydroxyl groups excluding tert-OH is 1. The van der Waals surface area contributed by atoms with Crippen LogP contribution in [0.5, 0.6) is 0 Å². The number of ether oxygens (including phenoxy) is 1. The largest absolute Gasteiger partial charge is 0.459 e. The van der Waals surface area contributed by atoms with Crippen LogP contribution < -0.4 is 5.32 Å². The Kier molecular flexibility index (Phi) is 8.66. The fourth-order valence-electron chi connectivity index (χ4n) is 5.50. The average molecular weight is 556 g/mol. The van der Waals surface area contributed by atoms with E-state index in [0.717, 1.165) is 17.5 Å². The van der Waals surface area contributed by atoms with Crippen LogP contribution in [-0.2, 0) is 32.3 Å². The van der Waals surface area contributed by atoms with Gasteiger partial charge < -0.3 is 25.0 Å². The number of nitrogens with one attached hydrogen (secondary N) is 1. The number of nitrogens with zero attached hydrogens (tertiary/aromatic N) is 2. The molecule has 210 valence electrons. The van der Waals surface area contributed by atoms with E-state index in [1.165, 1.54) is 9.80 Å². The number of hydrogen-bond acceptors (Lipinski definition) is 6. The molecule has 3 atom stereocenters. The predicted octanol–water partition coefficient (Wildman–Crippen LogP) is 3.35. The van der Waals surface area contributed by atoms with Gasteiger partial charge in [0.05, 0.1) is 17.7 Å². The van der Waals surface area contributed by atoms with E-state index in [1.54, 1.807) is 13.8 Å². The Bertz CT molecular complexity index is 1210. The Morgan fingerprint density at radius 3 is 2.26 bits per heavy atom. The van der Waals surface area contributed by atoms with E-state index in [9.17, 15) is 24.3 Å². The zero-order valence-electron chi connectivity index (χ0n) is 22.7. The molecule has 0 saturated carbocycles. The second-order valence-corrected chi connectivity index (χ2v) is 14.2. The van der Waals surface area contributed by atoms with Crippen molar-refractivity contribution >= 4 is 33.1 Å². The van der Waals surface area contributed by atoms with Crippen molar-refractivity contribution in [1.29, 1.82) is 0 Å². The highest BCUT2D eigenvalue weighted by molar-refractivity contribution is 8.46. The lowest BCUT2D eigenvalue weighted by molar-refractivity contribution is -0.162. The predicted molar refractivity (Wildman–Crippen MR) is 150 cm³/mol. The molecule has 0 bridgehead atoms. The van der Waals surface area contributed by atoms with Crippen molar-refractivity contribution in [3.63, 3.8) is 0 Å². The molecule has 2 aromatic rings. The third-order valence-electron chi connectivity index (χ3n) is 7.63. The molecule has 2 aliphatic heterocycles. The number of carbonyl (C=O) groups excluding carboxylic acids is 4. The minimum absolute atomic E-state index is 0.0338. The molecule has 2 aromatic carbocycles. The Morgan fingerprint density at radius 1 is 1.08 bits per heavy atom. The third-order valence-corrected chi connectivity index (χ3v) is 12.3. The van der Waals surface area contributed by atoms with Crippen LogP contribution in [0.15, 0.2) is 60.7 Å². The monoisotopic (exact) mass is 555 g/mol. The van der Waals surface area contributed by atoms with Gasteiger partial charge in [-0.25, -0.2) is 4.79 Å². The van der Waals surface area contributed by atoms with Crippen LogP contribution in [0, 0.1) is 0 Å². The minimum atomic E-state index is -2.73. The fraction of sp³-hybridized carbons (Fsp3) is 0.448. The van der Waals surface area contributed by atoms with E-state index < -0.39 is 38.1 Å². The third kappa shape index (κ3) is 5.27. The Balaban J connectivity index is 1.66. The maximum atomic E-state index is 14.5. The van der Waals surface area contributed by atoms with Gasteiger partial charge in [0.15, 0.2) is 0 Å². The molecule has 2 heterocycles. The first-order valence-electron chi connectivity index (χ1n) is 13.2. The van der Waals surface area contributed by atoms with Crippen molar-refractivity contribution in [2.75, 3.05) is 19.0 Å². The SMILES string of the molecule is CCCNC(=O)CN(Cc1ccccc1)C(=O)[S@]1(CO)[C@@H]2CC(=O)N2[C@@H](C(=O)OCc2ccccc2)C1(C)C. The van der Waals surface area contributed by atoms with Crippen molar-refractivity contribution in [3.05, 3.63) is 71.8 Å². The standard InChI is InChI=1S/C29H37N3O6S/c1-4-15-30-23(34)18-31(17-21-11-7-5-8-12-21)28(37)39(20-33)25-16-24(35)32(25)26(29(39,2)3)27(36)38-19-22-13-9-6-10-14-22/h5-14,25-26,33H,4,15-20H2,1-3H3,(H,30,34)/t25-,26+/m1/s1. The van der Waals surface area contributed by atoms with Gasteiger partial charge in [-0.05, 0) is 31.4 Å². The lowest BCUT2D eigenvalue weighted by Gasteiger charge is -2.50. The van der Waals surface area contributed by atoms with Crippen molar-refractivity contribution in [3.8, 4) is 0 Å². The molecule has 0 spiro atoms. The van der Waals surface area contributed by atoms with Crippen molar-refractivity contribution in [1.82, 2.24) is 15.1 Å². The summed E-state index contributed by atoms with van der Waals surface area (Å²) in [4.78, 5) is 56.5. The number of β-lactam (4-membered cyclic amide) rings is 1. The minimum Gasteiger partial charge on any atom is -0.459 e. The summed E-state index contributed by atoms with van der Waals surface area (Å²) in [5.41, 5.74) is 1.63. The molecule has 39 heavy (non-hydrogen) atoms. The molecule has 10 heteroatoms. The van der Waals surface area contributed by atoms with Gasteiger partial charge in [0, 0.05) is 17.8 Å². The number of rotatable bonds is 10. The van der Waals surface area contributed by atoms with Crippen LogP contribution in [0.3, 0.4) is 0 Å². The van der Waals surface area contributed by atoms with Crippen LogP contribution in [0.4, 0.5) is 4.79 Å². The summed E-state index contributed by atoms with van der Waals surface area (Å²) in [6.07, 6.45) is 0.817. The van der Waals surface area contributed by atoms with Gasteiger partial charge in [0.25, 0.3) is 5.24 Å². The molecule has 0 unspecified atom stereocenters. The lowest BCUT2D eigenvalue weighted by atomic mass is 9.98. The van der Waals surface area contributed by atoms with E-state index in [1.807, 2.05) is 67.6 Å². The zero-order chi connectivity index (χ0) is 28.2. The first kappa shape index (κ1) is 28.6. The zero-order valence-corrected chi connectivity index (χ0v) is 23.5. The van der Waals surface area contributed by atoms with Gasteiger partial charge in [0.1, 0.15) is 19.2 Å². The molecule has 4 rings (SSSR count). The van der Waals surface area contributed by atoms with Crippen LogP contribution >= 0.6 is 10.0 Å². The van der Waals surface area contributed by atoms with Gasteiger partial charge >= 0.3 is 5.97 Å². The summed E-state index contributed by atoms with van der Waals surface area (Å²) in [6, 6.07) is 17.5. The molecule has 2 aliphatic rings. The van der Waals surface area contributed by atoms with Crippen molar-refractivity contribution in [2.45, 2.75) is 62.9 Å². The summed E-state index contributed by atoms with van der Waals surface area (Å²) < 4.78 is 4.54. The van der Waals surface area contributed by atoms with Crippen LogP contribution in [0.2, 0.25) is 0 Å². The lowest BCUT2D eigenvalue weighted by Crippen LogP contribution is -2.57. The maximum Gasteiger partial charge on any atom is 0.330 e. The number of fused-ring (bicyclic) bond motifs is 1. The van der Waals surface area contributed by atoms with Crippen LogP contribution in [-0.4, -0.2) is 73.1 Å². The molecule has 0 aromatic heterocycles. The Hall–Kier alpha value is -3.37. The van der Waals surface area contributed by atoms with E-state index >= 15 is 0 Å². The van der Waals surface area contributed by atoms with E-state index in [-0.39, 0.29) is 43.2 Å². The number of carbonyl (C=O) groups is 4. The first-order valence-corrected chi connectivity index (χ1v) is 15.1. The quantitative estimate of drug-likeness (QED) is 0.343. The van der Waals surface area contributed by atoms with Gasteiger partial charge in [0.2, 0.25) is 11.8 Å². The van der Waals surface area contributed by atoms with E-state index in [4.69, 9.17) is 4.74 Å². The van der Waals surface area contributed by atoms with Crippen molar-refractivity contribution in [2.24, 2.45) is 0 Å². The second-order valence-electron chi connectivity index (χ2n) is 10.4. The molecule has 0 radical (unpaired) electrons. The topological polar surface area (TPSA) is 116 Å². The fourth-order valence-corrected chi connectivity index (χ4v) is 9.75. The van der Waals surface area contributed by atoms with Crippen molar-refractivity contribution < 1.29 is 29.0 Å². The molecular weight excluding hydrogens is 518 g/mol. The second kappa shape index (κ2) is 11.8. The smallest absolute Gasteiger partial charge is 0.330 e. The molecule has 2 fully saturated rings. The number of benzene rings is 2. The number of aliphatic hydroxyl groups is 1.